The Morgan fingerprint density at radius 1 is 1.12 bits per heavy atom. The van der Waals surface area contributed by atoms with Crippen LogP contribution in [-0.4, -0.2) is 93.7 Å². The molecule has 258 valence electrons. The van der Waals surface area contributed by atoms with E-state index in [-0.39, 0.29) is 77.6 Å². The van der Waals surface area contributed by atoms with E-state index >= 15 is 8.78 Å². The van der Waals surface area contributed by atoms with E-state index in [9.17, 15) is 9.50 Å². The number of anilines is 1. The highest BCUT2D eigenvalue weighted by Crippen LogP contribution is 2.47. The smallest absolute Gasteiger partial charge is 0.319 e. The van der Waals surface area contributed by atoms with Crippen LogP contribution in [0.2, 0.25) is 0 Å². The molecule has 2 aromatic heterocycles. The summed E-state index contributed by atoms with van der Waals surface area (Å²) in [6.45, 7) is 6.39. The minimum Gasteiger partial charge on any atom is -0.508 e. The molecular weight excluding hydrogens is 637 g/mol. The average Bonchev–Trinajstić information content (AvgIpc) is 3.77. The van der Waals surface area contributed by atoms with E-state index in [0.717, 1.165) is 38.6 Å². The third-order valence-corrected chi connectivity index (χ3v) is 11.0. The van der Waals surface area contributed by atoms with Gasteiger partial charge >= 0.3 is 6.01 Å². The van der Waals surface area contributed by atoms with Crippen molar-refractivity contribution in [3.05, 3.63) is 35.9 Å². The molecule has 0 amide bonds. The van der Waals surface area contributed by atoms with E-state index in [1.54, 1.807) is 0 Å². The maximum absolute atomic E-state index is 17.2. The van der Waals surface area contributed by atoms with Gasteiger partial charge in [-0.05, 0) is 69.2 Å². The summed E-state index contributed by atoms with van der Waals surface area (Å²) in [5.41, 5.74) is -0.534. The second-order valence-electron chi connectivity index (χ2n) is 14.4. The van der Waals surface area contributed by atoms with E-state index in [4.69, 9.17) is 24.2 Å². The van der Waals surface area contributed by atoms with Crippen LogP contribution in [-0.2, 0) is 0 Å². The summed E-state index contributed by atoms with van der Waals surface area (Å²) in [7, 11) is 0. The highest BCUT2D eigenvalue weighted by molar-refractivity contribution is 6.04. The molecule has 5 atom stereocenters. The third kappa shape index (κ3) is 5.10. The Hall–Kier alpha value is -4.10. The molecule has 6 heterocycles. The Morgan fingerprint density at radius 2 is 1.98 bits per heavy atom. The minimum absolute atomic E-state index is 0.0124. The van der Waals surface area contributed by atoms with Crippen molar-refractivity contribution in [2.75, 3.05) is 37.7 Å². The van der Waals surface area contributed by atoms with Crippen molar-refractivity contribution in [2.45, 2.75) is 88.3 Å². The van der Waals surface area contributed by atoms with Crippen LogP contribution < -0.4 is 24.4 Å². The molecule has 49 heavy (non-hydrogen) atoms. The summed E-state index contributed by atoms with van der Waals surface area (Å²) < 4.78 is 65.9. The predicted molar refractivity (Wildman–Crippen MR) is 177 cm³/mol. The van der Waals surface area contributed by atoms with E-state index in [1.807, 2.05) is 0 Å². The lowest BCUT2D eigenvalue weighted by Gasteiger charge is -2.44. The predicted octanol–water partition coefficient (Wildman–Crippen LogP) is 5.66. The third-order valence-electron chi connectivity index (χ3n) is 11.0. The Kier molecular flexibility index (Phi) is 7.24. The number of nitrogens with one attached hydrogen (secondary N) is 1. The van der Waals surface area contributed by atoms with Crippen molar-refractivity contribution in [3.8, 4) is 34.6 Å². The zero-order valence-electron chi connectivity index (χ0n) is 27.5. The first kappa shape index (κ1) is 30.9. The van der Waals surface area contributed by atoms with E-state index in [1.165, 1.54) is 24.3 Å². The number of alkyl halides is 1. The SMILES string of the molecule is CC[C@@H]1N[C@H](C)CN2c3nc(OC[C@@]45CCCN4C[C@H](F)C5)nc4c(F)c(-c5cc(O)cc6ccc(F)c(OC7CC7)c56)nc(c34)OC[C@H]12. The number of piperazine rings is 1. The van der Waals surface area contributed by atoms with Gasteiger partial charge < -0.3 is 29.5 Å². The summed E-state index contributed by atoms with van der Waals surface area (Å²) in [4.78, 5) is 18.6. The molecule has 0 spiro atoms. The number of halogens is 3. The number of pyridine rings is 1. The maximum atomic E-state index is 17.2. The van der Waals surface area contributed by atoms with E-state index < -0.39 is 23.3 Å². The van der Waals surface area contributed by atoms with Gasteiger partial charge in [0.15, 0.2) is 17.4 Å². The second kappa shape index (κ2) is 11.5. The quantitative estimate of drug-likeness (QED) is 0.255. The number of fused-ring (bicyclic) bond motifs is 4. The Labute approximate surface area is 281 Å². The molecule has 3 saturated heterocycles. The van der Waals surface area contributed by atoms with Crippen LogP contribution in [0, 0.1) is 11.6 Å². The number of rotatable bonds is 7. The fraction of sp³-hybridized carbons (Fsp3) is 0.528. The molecule has 0 bridgehead atoms. The van der Waals surface area contributed by atoms with Crippen LogP contribution >= 0.6 is 0 Å². The number of phenols is 1. The van der Waals surface area contributed by atoms with Crippen LogP contribution in [0.3, 0.4) is 0 Å². The number of benzene rings is 2. The number of phenolic OH excluding ortho intramolecular Hbond substituents is 1. The normalized spacial score (nSPS) is 28.0. The second-order valence-corrected chi connectivity index (χ2v) is 14.4. The fourth-order valence-corrected chi connectivity index (χ4v) is 8.53. The molecule has 4 fully saturated rings. The average molecular weight is 677 g/mol. The van der Waals surface area contributed by atoms with Gasteiger partial charge in [0.05, 0.1) is 17.7 Å². The van der Waals surface area contributed by atoms with Crippen molar-refractivity contribution in [1.29, 1.82) is 0 Å². The monoisotopic (exact) mass is 676 g/mol. The number of aromatic hydroxyl groups is 1. The van der Waals surface area contributed by atoms with E-state index in [0.29, 0.717) is 41.5 Å². The van der Waals surface area contributed by atoms with Gasteiger partial charge in [-0.1, -0.05) is 13.0 Å². The lowest BCUT2D eigenvalue weighted by molar-refractivity contribution is 0.107. The largest absolute Gasteiger partial charge is 0.508 e. The van der Waals surface area contributed by atoms with Crippen LogP contribution in [0.25, 0.3) is 32.9 Å². The number of nitrogens with zero attached hydrogens (tertiary/aromatic N) is 5. The minimum atomic E-state index is -0.929. The van der Waals surface area contributed by atoms with Crippen LogP contribution in [0.1, 0.15) is 52.4 Å². The topological polar surface area (TPSA) is 105 Å². The zero-order chi connectivity index (χ0) is 33.6. The number of ether oxygens (including phenoxy) is 3. The van der Waals surface area contributed by atoms with Crippen LogP contribution in [0.4, 0.5) is 19.0 Å². The lowest BCUT2D eigenvalue weighted by Crippen LogP contribution is -2.63. The van der Waals surface area contributed by atoms with Gasteiger partial charge in [0, 0.05) is 42.5 Å². The Morgan fingerprint density at radius 3 is 2.80 bits per heavy atom. The Balaban J connectivity index is 1.24. The molecule has 1 saturated carbocycles. The van der Waals surface area contributed by atoms with Gasteiger partial charge in [0.2, 0.25) is 5.88 Å². The lowest BCUT2D eigenvalue weighted by atomic mass is 9.95. The molecule has 2 N–H and O–H groups in total. The molecule has 1 aliphatic carbocycles. The molecular formula is C36H39F3N6O4. The molecule has 0 unspecified atom stereocenters. The van der Waals surface area contributed by atoms with Crippen LogP contribution in [0.15, 0.2) is 24.3 Å². The van der Waals surface area contributed by atoms with Crippen molar-refractivity contribution in [2.24, 2.45) is 0 Å². The van der Waals surface area contributed by atoms with Gasteiger partial charge in [-0.2, -0.15) is 9.97 Å². The van der Waals surface area contributed by atoms with Crippen LogP contribution in [0.5, 0.6) is 23.4 Å². The van der Waals surface area contributed by atoms with Crippen molar-refractivity contribution in [3.63, 3.8) is 0 Å². The highest BCUT2D eigenvalue weighted by atomic mass is 19.1. The Bertz CT molecular complexity index is 1980. The summed E-state index contributed by atoms with van der Waals surface area (Å²) in [5.74, 6) is -0.932. The maximum Gasteiger partial charge on any atom is 0.319 e. The van der Waals surface area contributed by atoms with Crippen molar-refractivity contribution < 1.29 is 32.5 Å². The molecule has 2 aromatic carbocycles. The van der Waals surface area contributed by atoms with Gasteiger partial charge in [0.1, 0.15) is 47.5 Å². The zero-order valence-corrected chi connectivity index (χ0v) is 27.5. The molecule has 10 nitrogen and oxygen atoms in total. The number of hydrogen-bond acceptors (Lipinski definition) is 10. The molecule has 13 heteroatoms. The highest BCUT2D eigenvalue weighted by Gasteiger charge is 2.49. The molecule has 5 aliphatic rings. The van der Waals surface area contributed by atoms with E-state index in [2.05, 4.69) is 33.9 Å². The summed E-state index contributed by atoms with van der Waals surface area (Å²) >= 11 is 0. The van der Waals surface area contributed by atoms with Gasteiger partial charge in [-0.3, -0.25) is 4.90 Å². The van der Waals surface area contributed by atoms with Crippen molar-refractivity contribution in [1.82, 2.24) is 25.2 Å². The molecule has 0 radical (unpaired) electrons. The first-order valence-electron chi connectivity index (χ1n) is 17.4. The van der Waals surface area contributed by atoms with Gasteiger partial charge in [-0.15, -0.1) is 0 Å². The summed E-state index contributed by atoms with van der Waals surface area (Å²) in [6, 6.07) is 5.67. The summed E-state index contributed by atoms with van der Waals surface area (Å²) in [5, 5.41) is 15.5. The standard InChI is InChI=1S/C36H39F3N6O4/c1-3-25-26-16-47-34-28-31(29(39)30(41-34)23-12-21(46)11-19-5-8-24(38)32(27(19)23)49-22-6-7-22)42-35(43-33(28)45(26)14-18(2)40-25)48-17-36-9-4-10-44(36)15-20(37)13-36/h5,8,11-12,18,20,22,25-26,40,46H,3-4,6-7,9-10,13-17H2,1-2H3/t18-,20-,25+,26-,36+/m1/s1. The number of hydrogen-bond donors (Lipinski definition) is 2. The fourth-order valence-electron chi connectivity index (χ4n) is 8.53. The van der Waals surface area contributed by atoms with Gasteiger partial charge in [0.25, 0.3) is 0 Å². The first-order valence-corrected chi connectivity index (χ1v) is 17.4. The molecule has 9 rings (SSSR count). The van der Waals surface area contributed by atoms with Gasteiger partial charge in [-0.25, -0.2) is 18.2 Å². The van der Waals surface area contributed by atoms with Crippen molar-refractivity contribution >= 4 is 27.5 Å². The molecule has 4 aromatic rings. The number of aromatic nitrogens is 3. The first-order chi connectivity index (χ1) is 23.7. The summed E-state index contributed by atoms with van der Waals surface area (Å²) in [6.07, 6.45) is 3.47. The molecule has 4 aliphatic heterocycles.